The van der Waals surface area contributed by atoms with Crippen LogP contribution in [-0.4, -0.2) is 41.6 Å². The smallest absolute Gasteiger partial charge is 0.295 e. The van der Waals surface area contributed by atoms with E-state index in [1.54, 1.807) is 0 Å². The van der Waals surface area contributed by atoms with Crippen LogP contribution in [0, 0.1) is 15.9 Å². The fourth-order valence-corrected chi connectivity index (χ4v) is 2.88. The van der Waals surface area contributed by atoms with Crippen molar-refractivity contribution >= 4 is 11.4 Å². The third-order valence-electron chi connectivity index (χ3n) is 4.27. The van der Waals surface area contributed by atoms with Gasteiger partial charge in [-0.05, 0) is 33.6 Å². The first-order valence-electron chi connectivity index (χ1n) is 7.76. The third-order valence-corrected chi connectivity index (χ3v) is 4.27. The van der Waals surface area contributed by atoms with Gasteiger partial charge in [0.2, 0.25) is 0 Å². The summed E-state index contributed by atoms with van der Waals surface area (Å²) in [4.78, 5) is 13.0. The maximum Gasteiger partial charge on any atom is 0.295 e. The van der Waals surface area contributed by atoms with E-state index in [0.717, 1.165) is 32.0 Å². The average molecular weight is 325 g/mol. The Morgan fingerprint density at radius 1 is 1.35 bits per heavy atom. The predicted molar refractivity (Wildman–Crippen MR) is 87.6 cm³/mol. The Hall–Kier alpha value is -1.89. The van der Waals surface area contributed by atoms with Crippen LogP contribution in [0.15, 0.2) is 12.1 Å². The number of anilines is 1. The molecule has 1 N–H and O–H groups in total. The fraction of sp³-hybridized carbons (Fsp3) is 0.625. The van der Waals surface area contributed by atoms with Crippen molar-refractivity contribution in [3.05, 3.63) is 28.1 Å². The Morgan fingerprint density at radius 2 is 1.96 bits per heavy atom. The second-order valence-corrected chi connectivity index (χ2v) is 6.84. The summed E-state index contributed by atoms with van der Waals surface area (Å²) in [6, 6.07) is 2.40. The molecule has 1 aliphatic heterocycles. The topological polar surface area (TPSA) is 67.6 Å². The lowest BCUT2D eigenvalue weighted by Crippen LogP contribution is -2.48. The Morgan fingerprint density at radius 3 is 2.43 bits per heavy atom. The zero-order valence-corrected chi connectivity index (χ0v) is 14.1. The summed E-state index contributed by atoms with van der Waals surface area (Å²) >= 11 is 0. The molecule has 1 saturated heterocycles. The molecule has 23 heavy (non-hydrogen) atoms. The van der Waals surface area contributed by atoms with Gasteiger partial charge in [-0.25, -0.2) is 4.39 Å². The van der Waals surface area contributed by atoms with Crippen molar-refractivity contribution in [2.75, 3.05) is 25.5 Å². The highest BCUT2D eigenvalue weighted by atomic mass is 19.1. The Labute approximate surface area is 135 Å². The maximum absolute atomic E-state index is 13.7. The molecule has 1 heterocycles. The molecule has 0 amide bonds. The molecule has 0 aliphatic carbocycles. The van der Waals surface area contributed by atoms with E-state index in [1.165, 1.54) is 13.2 Å². The normalized spacial score (nSPS) is 17.1. The Kier molecular flexibility index (Phi) is 5.09. The number of halogens is 1. The van der Waals surface area contributed by atoms with E-state index in [2.05, 4.69) is 31.0 Å². The van der Waals surface area contributed by atoms with Crippen molar-refractivity contribution in [2.24, 2.45) is 0 Å². The number of rotatable bonds is 4. The summed E-state index contributed by atoms with van der Waals surface area (Å²) in [6.45, 7) is 8.38. The zero-order chi connectivity index (χ0) is 17.2. The minimum atomic E-state index is -0.729. The van der Waals surface area contributed by atoms with Gasteiger partial charge in [0.05, 0.1) is 18.1 Å². The highest BCUT2D eigenvalue weighted by molar-refractivity contribution is 5.65. The largest absolute Gasteiger partial charge is 0.494 e. The number of piperidine rings is 1. The van der Waals surface area contributed by atoms with Crippen LogP contribution in [0.3, 0.4) is 0 Å². The van der Waals surface area contributed by atoms with Gasteiger partial charge in [0.15, 0.2) is 11.6 Å². The van der Waals surface area contributed by atoms with Crippen LogP contribution in [-0.2, 0) is 0 Å². The SMILES string of the molecule is COc1cc(NC2CCN(C(C)(C)C)CC2)c([N+](=O)[O-])cc1F. The number of likely N-dealkylation sites (tertiary alicyclic amines) is 1. The number of hydrogen-bond donors (Lipinski definition) is 1. The molecular formula is C16H24FN3O3. The zero-order valence-electron chi connectivity index (χ0n) is 14.1. The van der Waals surface area contributed by atoms with Gasteiger partial charge in [-0.3, -0.25) is 15.0 Å². The minimum absolute atomic E-state index is 0.00484. The fourth-order valence-electron chi connectivity index (χ4n) is 2.88. The van der Waals surface area contributed by atoms with Crippen LogP contribution in [0.5, 0.6) is 5.75 Å². The number of nitro groups is 1. The quantitative estimate of drug-likeness (QED) is 0.678. The van der Waals surface area contributed by atoms with Crippen molar-refractivity contribution in [2.45, 2.75) is 45.2 Å². The first-order valence-corrected chi connectivity index (χ1v) is 7.76. The molecule has 0 atom stereocenters. The number of nitrogens with zero attached hydrogens (tertiary/aromatic N) is 2. The summed E-state index contributed by atoms with van der Waals surface area (Å²) in [5.74, 6) is -0.725. The molecule has 0 saturated carbocycles. The van der Waals surface area contributed by atoms with Gasteiger partial charge in [0, 0.05) is 30.7 Å². The van der Waals surface area contributed by atoms with Gasteiger partial charge in [0.1, 0.15) is 5.69 Å². The van der Waals surface area contributed by atoms with Crippen molar-refractivity contribution in [3.63, 3.8) is 0 Å². The Balaban J connectivity index is 2.13. The van der Waals surface area contributed by atoms with Crippen molar-refractivity contribution < 1.29 is 14.1 Å². The number of nitro benzene ring substituents is 1. The monoisotopic (exact) mass is 325 g/mol. The lowest BCUT2D eigenvalue weighted by atomic mass is 9.98. The molecule has 128 valence electrons. The van der Waals surface area contributed by atoms with Gasteiger partial charge in [-0.2, -0.15) is 0 Å². The number of benzene rings is 1. The van der Waals surface area contributed by atoms with Crippen LogP contribution in [0.4, 0.5) is 15.8 Å². The van der Waals surface area contributed by atoms with Crippen LogP contribution < -0.4 is 10.1 Å². The van der Waals surface area contributed by atoms with E-state index < -0.39 is 10.7 Å². The van der Waals surface area contributed by atoms with Crippen LogP contribution in [0.2, 0.25) is 0 Å². The molecule has 1 aliphatic rings. The molecular weight excluding hydrogens is 301 g/mol. The van der Waals surface area contributed by atoms with E-state index in [0.29, 0.717) is 5.69 Å². The molecule has 7 heteroatoms. The predicted octanol–water partition coefficient (Wildman–Crippen LogP) is 3.42. The van der Waals surface area contributed by atoms with Crippen molar-refractivity contribution in [1.29, 1.82) is 0 Å². The van der Waals surface area contributed by atoms with Crippen molar-refractivity contribution in [3.8, 4) is 5.75 Å². The van der Waals surface area contributed by atoms with Gasteiger partial charge in [0.25, 0.3) is 5.69 Å². The lowest BCUT2D eigenvalue weighted by molar-refractivity contribution is -0.384. The van der Waals surface area contributed by atoms with E-state index >= 15 is 0 Å². The highest BCUT2D eigenvalue weighted by Crippen LogP contribution is 2.33. The highest BCUT2D eigenvalue weighted by Gasteiger charge is 2.28. The van der Waals surface area contributed by atoms with Crippen LogP contribution >= 0.6 is 0 Å². The molecule has 6 nitrogen and oxygen atoms in total. The van der Waals surface area contributed by atoms with Crippen LogP contribution in [0.25, 0.3) is 0 Å². The molecule has 0 bridgehead atoms. The first-order chi connectivity index (χ1) is 10.7. The maximum atomic E-state index is 13.7. The molecule has 0 unspecified atom stereocenters. The summed E-state index contributed by atoms with van der Waals surface area (Å²) < 4.78 is 18.6. The average Bonchev–Trinajstić information content (AvgIpc) is 2.48. The number of methoxy groups -OCH3 is 1. The molecule has 1 fully saturated rings. The van der Waals surface area contributed by atoms with Gasteiger partial charge >= 0.3 is 0 Å². The van der Waals surface area contributed by atoms with Gasteiger partial charge < -0.3 is 10.1 Å². The molecule has 0 spiro atoms. The number of nitrogens with one attached hydrogen (secondary N) is 1. The number of hydrogen-bond acceptors (Lipinski definition) is 5. The second kappa shape index (κ2) is 6.70. The third kappa shape index (κ3) is 4.10. The molecule has 0 aromatic heterocycles. The van der Waals surface area contributed by atoms with Gasteiger partial charge in [-0.1, -0.05) is 0 Å². The minimum Gasteiger partial charge on any atom is -0.494 e. The number of ether oxygens (including phenoxy) is 1. The molecule has 1 aromatic rings. The van der Waals surface area contributed by atoms with E-state index in [-0.39, 0.29) is 23.0 Å². The first kappa shape index (κ1) is 17.5. The van der Waals surface area contributed by atoms with E-state index in [4.69, 9.17) is 4.74 Å². The molecule has 2 rings (SSSR count). The van der Waals surface area contributed by atoms with Gasteiger partial charge in [-0.15, -0.1) is 0 Å². The van der Waals surface area contributed by atoms with Crippen LogP contribution in [0.1, 0.15) is 33.6 Å². The summed E-state index contributed by atoms with van der Waals surface area (Å²) in [7, 11) is 1.34. The molecule has 1 aromatic carbocycles. The molecule has 0 radical (unpaired) electrons. The van der Waals surface area contributed by atoms with E-state index in [9.17, 15) is 14.5 Å². The standard InChI is InChI=1S/C16H24FN3O3/c1-16(2,3)19-7-5-11(6-8-19)18-13-10-15(23-4)12(17)9-14(13)20(21)22/h9-11,18H,5-8H2,1-4H3. The lowest BCUT2D eigenvalue weighted by Gasteiger charge is -2.41. The summed E-state index contributed by atoms with van der Waals surface area (Å²) in [5.41, 5.74) is 0.166. The summed E-state index contributed by atoms with van der Waals surface area (Å²) in [5, 5.41) is 14.3. The summed E-state index contributed by atoms with van der Waals surface area (Å²) in [6.07, 6.45) is 1.77. The second-order valence-electron chi connectivity index (χ2n) is 6.84. The van der Waals surface area contributed by atoms with Crippen molar-refractivity contribution in [1.82, 2.24) is 4.90 Å². The van der Waals surface area contributed by atoms with E-state index in [1.807, 2.05) is 0 Å². The Bertz CT molecular complexity index is 579.